The molecule has 0 radical (unpaired) electrons. The molecule has 1 heterocycles. The summed E-state index contributed by atoms with van der Waals surface area (Å²) in [7, 11) is 0. The van der Waals surface area contributed by atoms with E-state index in [1.807, 2.05) is 6.07 Å². The molecule has 0 aliphatic heterocycles. The number of hydrogen-bond acceptors (Lipinski definition) is 3. The van der Waals surface area contributed by atoms with Gasteiger partial charge in [0.1, 0.15) is 17.5 Å². The van der Waals surface area contributed by atoms with Crippen LogP contribution >= 0.6 is 0 Å². The lowest BCUT2D eigenvalue weighted by Gasteiger charge is -2.08. The van der Waals surface area contributed by atoms with Crippen LogP contribution in [0.15, 0.2) is 6.20 Å². The Bertz CT molecular complexity index is 542. The molecule has 3 aliphatic carbocycles. The number of aromatic nitrogens is 2. The van der Waals surface area contributed by atoms with E-state index in [0.29, 0.717) is 23.2 Å². The number of hydrogen-bond donors (Lipinski definition) is 2. The summed E-state index contributed by atoms with van der Waals surface area (Å²) in [6, 6.07) is 2.01. The molecule has 1 aromatic heterocycles. The lowest BCUT2D eigenvalue weighted by Crippen LogP contribution is -2.19. The van der Waals surface area contributed by atoms with E-state index in [1.54, 1.807) is 0 Å². The molecular weight excluding hydrogens is 228 g/mol. The maximum atomic E-state index is 12.2. The zero-order valence-electron chi connectivity index (χ0n) is 9.89. The fraction of sp³-hybridized carbons (Fsp3) is 0.615. The summed E-state index contributed by atoms with van der Waals surface area (Å²) < 4.78 is 0. The zero-order chi connectivity index (χ0) is 12.3. The predicted octanol–water partition coefficient (Wildman–Crippen LogP) is 1.51. The van der Waals surface area contributed by atoms with Crippen LogP contribution in [0.1, 0.15) is 24.8 Å². The van der Waals surface area contributed by atoms with Crippen LogP contribution in [-0.2, 0) is 4.79 Å². The Labute approximate surface area is 105 Å². The van der Waals surface area contributed by atoms with Crippen molar-refractivity contribution in [3.05, 3.63) is 11.8 Å². The second kappa shape index (κ2) is 3.35. The Kier molecular flexibility index (Phi) is 1.88. The Hall–Kier alpha value is -1.83. The summed E-state index contributed by atoms with van der Waals surface area (Å²) >= 11 is 0. The number of nitriles is 1. The molecule has 92 valence electrons. The van der Waals surface area contributed by atoms with Crippen molar-refractivity contribution >= 4 is 11.7 Å². The van der Waals surface area contributed by atoms with Crippen LogP contribution in [0.4, 0.5) is 5.82 Å². The number of rotatable bonds is 2. The van der Waals surface area contributed by atoms with Crippen molar-refractivity contribution < 1.29 is 4.79 Å². The van der Waals surface area contributed by atoms with Crippen molar-refractivity contribution in [3.63, 3.8) is 0 Å². The van der Waals surface area contributed by atoms with Gasteiger partial charge < -0.3 is 5.32 Å². The number of nitrogens with one attached hydrogen (secondary N) is 2. The largest absolute Gasteiger partial charge is 0.310 e. The molecule has 0 spiro atoms. The summed E-state index contributed by atoms with van der Waals surface area (Å²) in [4.78, 5) is 12.2. The number of amides is 1. The summed E-state index contributed by atoms with van der Waals surface area (Å²) in [6.45, 7) is 0. The number of carbonyl (C=O) groups excluding carboxylic acids is 1. The van der Waals surface area contributed by atoms with Gasteiger partial charge in [-0.25, -0.2) is 0 Å². The highest BCUT2D eigenvalue weighted by Gasteiger charge is 2.67. The molecule has 3 fully saturated rings. The summed E-state index contributed by atoms with van der Waals surface area (Å²) in [6.07, 6.45) is 5.39. The maximum absolute atomic E-state index is 12.2. The molecule has 5 heteroatoms. The number of H-pyrrole nitrogens is 1. The standard InChI is InChI=1S/C13H14N4O/c14-4-8-5-15-17-12(8)16-13(18)11-9-6-1-2-7(3-6)10(9)11/h5-7,9-11H,1-3H2,(H2,15,16,17,18). The summed E-state index contributed by atoms with van der Waals surface area (Å²) in [5, 5.41) is 18.1. The molecule has 5 nitrogen and oxygen atoms in total. The van der Waals surface area contributed by atoms with Crippen LogP contribution in [0.3, 0.4) is 0 Å². The third-order valence-electron chi connectivity index (χ3n) is 5.05. The van der Waals surface area contributed by atoms with Gasteiger partial charge in [-0.15, -0.1) is 0 Å². The molecule has 4 unspecified atom stereocenters. The molecule has 18 heavy (non-hydrogen) atoms. The predicted molar refractivity (Wildman–Crippen MR) is 63.2 cm³/mol. The Balaban J connectivity index is 1.49. The first kappa shape index (κ1) is 10.1. The minimum Gasteiger partial charge on any atom is -0.310 e. The minimum absolute atomic E-state index is 0.0716. The highest BCUT2D eigenvalue weighted by molar-refractivity contribution is 5.95. The van der Waals surface area contributed by atoms with E-state index < -0.39 is 0 Å². The molecular formula is C13H14N4O. The van der Waals surface area contributed by atoms with Gasteiger partial charge in [0, 0.05) is 5.92 Å². The van der Waals surface area contributed by atoms with Gasteiger partial charge in [-0.2, -0.15) is 10.4 Å². The van der Waals surface area contributed by atoms with Gasteiger partial charge in [0.15, 0.2) is 0 Å². The van der Waals surface area contributed by atoms with E-state index in [9.17, 15) is 4.79 Å². The number of fused-ring (bicyclic) bond motifs is 5. The van der Waals surface area contributed by atoms with Crippen molar-refractivity contribution in [2.45, 2.75) is 19.3 Å². The van der Waals surface area contributed by atoms with Crippen molar-refractivity contribution in [1.82, 2.24) is 10.2 Å². The van der Waals surface area contributed by atoms with Crippen molar-refractivity contribution in [2.24, 2.45) is 29.6 Å². The smallest absolute Gasteiger partial charge is 0.229 e. The zero-order valence-corrected chi connectivity index (χ0v) is 9.89. The van der Waals surface area contributed by atoms with Crippen LogP contribution in [0.5, 0.6) is 0 Å². The van der Waals surface area contributed by atoms with Gasteiger partial charge >= 0.3 is 0 Å². The fourth-order valence-corrected chi connectivity index (χ4v) is 4.35. The van der Waals surface area contributed by atoms with Gasteiger partial charge in [-0.1, -0.05) is 0 Å². The van der Waals surface area contributed by atoms with Crippen molar-refractivity contribution in [2.75, 3.05) is 5.32 Å². The first-order chi connectivity index (χ1) is 8.79. The van der Waals surface area contributed by atoms with Crippen LogP contribution in [-0.4, -0.2) is 16.1 Å². The second-order valence-corrected chi connectivity index (χ2v) is 5.77. The van der Waals surface area contributed by atoms with Crippen LogP contribution in [0.2, 0.25) is 0 Å². The van der Waals surface area contributed by atoms with Gasteiger partial charge in [-0.3, -0.25) is 9.89 Å². The Morgan fingerprint density at radius 1 is 1.44 bits per heavy atom. The molecule has 4 rings (SSSR count). The average molecular weight is 242 g/mol. The number of carbonyl (C=O) groups is 1. The van der Waals surface area contributed by atoms with E-state index in [4.69, 9.17) is 5.26 Å². The topological polar surface area (TPSA) is 81.6 Å². The number of nitrogens with zero attached hydrogens (tertiary/aromatic N) is 2. The highest BCUT2D eigenvalue weighted by atomic mass is 16.2. The molecule has 2 bridgehead atoms. The van der Waals surface area contributed by atoms with E-state index in [0.717, 1.165) is 11.8 Å². The quantitative estimate of drug-likeness (QED) is 0.824. The molecule has 3 aliphatic rings. The normalized spacial score (nSPS) is 39.2. The van der Waals surface area contributed by atoms with E-state index in [1.165, 1.54) is 25.5 Å². The first-order valence-corrected chi connectivity index (χ1v) is 6.54. The van der Waals surface area contributed by atoms with Gasteiger partial charge in [0.05, 0.1) is 6.20 Å². The molecule has 0 aromatic carbocycles. The van der Waals surface area contributed by atoms with Crippen LogP contribution in [0.25, 0.3) is 0 Å². The highest BCUT2D eigenvalue weighted by Crippen LogP contribution is 2.69. The lowest BCUT2D eigenvalue weighted by atomic mass is 10.0. The molecule has 0 saturated heterocycles. The monoisotopic (exact) mass is 242 g/mol. The second-order valence-electron chi connectivity index (χ2n) is 5.77. The van der Waals surface area contributed by atoms with Crippen molar-refractivity contribution in [1.29, 1.82) is 5.26 Å². The van der Waals surface area contributed by atoms with Gasteiger partial charge in [0.25, 0.3) is 0 Å². The number of anilines is 1. The number of aromatic amines is 1. The van der Waals surface area contributed by atoms with E-state index in [-0.39, 0.29) is 11.8 Å². The SMILES string of the molecule is N#Cc1cn[nH]c1NC(=O)C1C2C3CCC(C3)C12. The van der Waals surface area contributed by atoms with Crippen molar-refractivity contribution in [3.8, 4) is 6.07 Å². The lowest BCUT2D eigenvalue weighted by molar-refractivity contribution is -0.118. The van der Waals surface area contributed by atoms with Crippen LogP contribution < -0.4 is 5.32 Å². The molecule has 4 atom stereocenters. The van der Waals surface area contributed by atoms with E-state index >= 15 is 0 Å². The summed E-state index contributed by atoms with van der Waals surface area (Å²) in [5.41, 5.74) is 0.400. The third kappa shape index (κ3) is 1.20. The third-order valence-corrected chi connectivity index (χ3v) is 5.05. The average Bonchev–Trinajstić information content (AvgIpc) is 2.73. The maximum Gasteiger partial charge on any atom is 0.229 e. The molecule has 1 amide bonds. The fourth-order valence-electron chi connectivity index (χ4n) is 4.35. The minimum atomic E-state index is 0.0716. The molecule has 3 saturated carbocycles. The Morgan fingerprint density at radius 2 is 2.17 bits per heavy atom. The molecule has 2 N–H and O–H groups in total. The van der Waals surface area contributed by atoms with E-state index in [2.05, 4.69) is 15.5 Å². The Morgan fingerprint density at radius 3 is 2.83 bits per heavy atom. The van der Waals surface area contributed by atoms with Gasteiger partial charge in [-0.05, 0) is 42.9 Å². The molecule has 1 aromatic rings. The summed E-state index contributed by atoms with van der Waals surface area (Å²) in [5.74, 6) is 3.52. The van der Waals surface area contributed by atoms with Gasteiger partial charge in [0.2, 0.25) is 5.91 Å². The first-order valence-electron chi connectivity index (χ1n) is 6.54. The van der Waals surface area contributed by atoms with Crippen LogP contribution in [0, 0.1) is 40.9 Å².